The van der Waals surface area contributed by atoms with Gasteiger partial charge in [0.1, 0.15) is 0 Å². The molecule has 2 rings (SSSR count). The van der Waals surface area contributed by atoms with Gasteiger partial charge in [0.05, 0.1) is 11.4 Å². The molecule has 1 aliphatic rings. The highest BCUT2D eigenvalue weighted by Crippen LogP contribution is 2.19. The van der Waals surface area contributed by atoms with Crippen LogP contribution in [0.3, 0.4) is 0 Å². The van der Waals surface area contributed by atoms with Crippen molar-refractivity contribution in [2.24, 2.45) is 0 Å². The Hall–Kier alpha value is -1.16. The second-order valence-electron chi connectivity index (χ2n) is 3.52. The van der Waals surface area contributed by atoms with E-state index in [1.807, 2.05) is 7.05 Å². The Labute approximate surface area is 84.2 Å². The van der Waals surface area contributed by atoms with E-state index in [0.29, 0.717) is 0 Å². The maximum Gasteiger partial charge on any atom is 0.222 e. The SMILES string of the molecule is CCCc1nc(NC)nc2c1CNC2. The van der Waals surface area contributed by atoms with Crippen LogP contribution in [-0.4, -0.2) is 17.0 Å². The first-order chi connectivity index (χ1) is 6.85. The molecular formula is C10H16N4. The van der Waals surface area contributed by atoms with Crippen molar-refractivity contribution in [3.05, 3.63) is 17.0 Å². The number of nitrogens with zero attached hydrogens (tertiary/aromatic N) is 2. The first kappa shape index (κ1) is 9.40. The fourth-order valence-electron chi connectivity index (χ4n) is 1.79. The molecule has 76 valence electrons. The number of aryl methyl sites for hydroxylation is 1. The molecule has 2 heterocycles. The van der Waals surface area contributed by atoms with Gasteiger partial charge >= 0.3 is 0 Å². The third-order valence-electron chi connectivity index (χ3n) is 2.48. The van der Waals surface area contributed by atoms with E-state index in [1.54, 1.807) is 0 Å². The van der Waals surface area contributed by atoms with Crippen molar-refractivity contribution in [2.45, 2.75) is 32.9 Å². The lowest BCUT2D eigenvalue weighted by atomic mass is 10.1. The number of fused-ring (bicyclic) bond motifs is 1. The van der Waals surface area contributed by atoms with Gasteiger partial charge in [0.15, 0.2) is 0 Å². The summed E-state index contributed by atoms with van der Waals surface area (Å²) in [7, 11) is 1.86. The maximum atomic E-state index is 4.49. The summed E-state index contributed by atoms with van der Waals surface area (Å²) in [6.45, 7) is 3.98. The highest BCUT2D eigenvalue weighted by atomic mass is 15.1. The summed E-state index contributed by atoms with van der Waals surface area (Å²) in [5, 5.41) is 6.31. The molecule has 0 spiro atoms. The zero-order chi connectivity index (χ0) is 9.97. The van der Waals surface area contributed by atoms with Gasteiger partial charge in [-0.2, -0.15) is 0 Å². The first-order valence-corrected chi connectivity index (χ1v) is 5.12. The van der Waals surface area contributed by atoms with Crippen LogP contribution in [0, 0.1) is 0 Å². The molecule has 0 aromatic carbocycles. The second kappa shape index (κ2) is 3.92. The Kier molecular flexibility index (Phi) is 2.63. The number of aromatic nitrogens is 2. The van der Waals surface area contributed by atoms with Gasteiger partial charge in [-0.15, -0.1) is 0 Å². The molecule has 0 saturated carbocycles. The van der Waals surface area contributed by atoms with Gasteiger partial charge < -0.3 is 10.6 Å². The number of nitrogens with one attached hydrogen (secondary N) is 2. The van der Waals surface area contributed by atoms with Crippen molar-refractivity contribution in [2.75, 3.05) is 12.4 Å². The van der Waals surface area contributed by atoms with Crippen molar-refractivity contribution in [3.8, 4) is 0 Å². The van der Waals surface area contributed by atoms with Crippen LogP contribution in [0.15, 0.2) is 0 Å². The molecule has 1 aromatic heterocycles. The summed E-state index contributed by atoms with van der Waals surface area (Å²) >= 11 is 0. The summed E-state index contributed by atoms with van der Waals surface area (Å²) in [6.07, 6.45) is 2.17. The predicted molar refractivity (Wildman–Crippen MR) is 56.1 cm³/mol. The summed E-state index contributed by atoms with van der Waals surface area (Å²) in [5.74, 6) is 0.746. The van der Waals surface area contributed by atoms with Gasteiger partial charge in [-0.05, 0) is 6.42 Å². The average Bonchev–Trinajstić information content (AvgIpc) is 2.66. The van der Waals surface area contributed by atoms with Gasteiger partial charge in [-0.1, -0.05) is 13.3 Å². The molecule has 4 nitrogen and oxygen atoms in total. The van der Waals surface area contributed by atoms with Gasteiger partial charge in [0.25, 0.3) is 0 Å². The fraction of sp³-hybridized carbons (Fsp3) is 0.600. The largest absolute Gasteiger partial charge is 0.357 e. The van der Waals surface area contributed by atoms with E-state index in [0.717, 1.165) is 37.6 Å². The molecule has 0 radical (unpaired) electrons. The van der Waals surface area contributed by atoms with E-state index in [4.69, 9.17) is 0 Å². The van der Waals surface area contributed by atoms with Gasteiger partial charge in [-0.25, -0.2) is 9.97 Å². The van der Waals surface area contributed by atoms with Crippen LogP contribution in [-0.2, 0) is 19.5 Å². The van der Waals surface area contributed by atoms with Crippen molar-refractivity contribution in [1.29, 1.82) is 0 Å². The predicted octanol–water partition coefficient (Wildman–Crippen LogP) is 1.07. The molecule has 0 bridgehead atoms. The molecule has 1 aliphatic heterocycles. The van der Waals surface area contributed by atoms with E-state index in [1.165, 1.54) is 11.3 Å². The number of hydrogen-bond donors (Lipinski definition) is 2. The summed E-state index contributed by atoms with van der Waals surface area (Å²) in [6, 6.07) is 0. The lowest BCUT2D eigenvalue weighted by Gasteiger charge is -2.07. The normalized spacial score (nSPS) is 14.1. The Balaban J connectivity index is 2.41. The lowest BCUT2D eigenvalue weighted by Crippen LogP contribution is -2.05. The van der Waals surface area contributed by atoms with E-state index >= 15 is 0 Å². The van der Waals surface area contributed by atoms with Gasteiger partial charge in [0.2, 0.25) is 5.95 Å². The van der Waals surface area contributed by atoms with Crippen LogP contribution < -0.4 is 10.6 Å². The Morgan fingerprint density at radius 3 is 2.93 bits per heavy atom. The third kappa shape index (κ3) is 1.57. The molecule has 0 atom stereocenters. The molecule has 0 fully saturated rings. The zero-order valence-electron chi connectivity index (χ0n) is 8.72. The van der Waals surface area contributed by atoms with Crippen LogP contribution in [0.25, 0.3) is 0 Å². The summed E-state index contributed by atoms with van der Waals surface area (Å²) in [4.78, 5) is 8.92. The summed E-state index contributed by atoms with van der Waals surface area (Å²) < 4.78 is 0. The van der Waals surface area contributed by atoms with E-state index in [-0.39, 0.29) is 0 Å². The Bertz CT molecular complexity index is 335. The minimum Gasteiger partial charge on any atom is -0.357 e. The molecule has 4 heteroatoms. The van der Waals surface area contributed by atoms with Crippen molar-refractivity contribution in [3.63, 3.8) is 0 Å². The number of rotatable bonds is 3. The molecule has 0 aliphatic carbocycles. The van der Waals surface area contributed by atoms with Crippen LogP contribution in [0.1, 0.15) is 30.3 Å². The third-order valence-corrected chi connectivity index (χ3v) is 2.48. The zero-order valence-corrected chi connectivity index (χ0v) is 8.72. The molecule has 0 unspecified atom stereocenters. The Morgan fingerprint density at radius 1 is 1.36 bits per heavy atom. The van der Waals surface area contributed by atoms with Crippen LogP contribution in [0.5, 0.6) is 0 Å². The monoisotopic (exact) mass is 192 g/mol. The lowest BCUT2D eigenvalue weighted by molar-refractivity contribution is 0.753. The van der Waals surface area contributed by atoms with Crippen LogP contribution in [0.4, 0.5) is 5.95 Å². The second-order valence-corrected chi connectivity index (χ2v) is 3.52. The topological polar surface area (TPSA) is 49.8 Å². The molecule has 14 heavy (non-hydrogen) atoms. The van der Waals surface area contributed by atoms with E-state index in [2.05, 4.69) is 27.5 Å². The van der Waals surface area contributed by atoms with Gasteiger partial charge in [-0.3, -0.25) is 0 Å². The quantitative estimate of drug-likeness (QED) is 0.752. The maximum absolute atomic E-state index is 4.49. The molecule has 2 N–H and O–H groups in total. The van der Waals surface area contributed by atoms with Crippen molar-refractivity contribution in [1.82, 2.24) is 15.3 Å². The molecule has 0 amide bonds. The summed E-state index contributed by atoms with van der Waals surface area (Å²) in [5.41, 5.74) is 3.67. The minimum absolute atomic E-state index is 0.746. The standard InChI is InChI=1S/C10H16N4/c1-3-4-8-7-5-12-6-9(7)14-10(11-2)13-8/h12H,3-6H2,1-2H3,(H,11,13,14). The first-order valence-electron chi connectivity index (χ1n) is 5.12. The highest BCUT2D eigenvalue weighted by Gasteiger charge is 2.17. The minimum atomic E-state index is 0.746. The van der Waals surface area contributed by atoms with Crippen LogP contribution in [0.2, 0.25) is 0 Å². The van der Waals surface area contributed by atoms with Crippen LogP contribution >= 0.6 is 0 Å². The Morgan fingerprint density at radius 2 is 2.21 bits per heavy atom. The van der Waals surface area contributed by atoms with Gasteiger partial charge in [0, 0.05) is 25.7 Å². The number of anilines is 1. The van der Waals surface area contributed by atoms with E-state index in [9.17, 15) is 0 Å². The highest BCUT2D eigenvalue weighted by molar-refractivity contribution is 5.36. The fourth-order valence-corrected chi connectivity index (χ4v) is 1.79. The van der Waals surface area contributed by atoms with Crippen molar-refractivity contribution >= 4 is 5.95 Å². The van der Waals surface area contributed by atoms with Crippen molar-refractivity contribution < 1.29 is 0 Å². The molecular weight excluding hydrogens is 176 g/mol. The molecule has 0 saturated heterocycles. The smallest absolute Gasteiger partial charge is 0.222 e. The van der Waals surface area contributed by atoms with E-state index < -0.39 is 0 Å². The average molecular weight is 192 g/mol. The number of hydrogen-bond acceptors (Lipinski definition) is 4. The molecule has 1 aromatic rings.